The number of carbonyl (C=O) groups is 1. The van der Waals surface area contributed by atoms with Crippen LogP contribution >= 0.6 is 23.2 Å². The molecule has 1 saturated heterocycles. The van der Waals surface area contributed by atoms with Gasteiger partial charge in [-0.05, 0) is 49.2 Å². The zero-order valence-corrected chi connectivity index (χ0v) is 15.6. The Labute approximate surface area is 158 Å². The van der Waals surface area contributed by atoms with Crippen LogP contribution in [0.5, 0.6) is 0 Å². The Morgan fingerprint density at radius 1 is 1.08 bits per heavy atom. The normalized spacial score (nSPS) is 15.9. The summed E-state index contributed by atoms with van der Waals surface area (Å²) in [5.74, 6) is -0.0237. The lowest BCUT2D eigenvalue weighted by molar-refractivity contribution is -0.120. The highest BCUT2D eigenvalue weighted by Crippen LogP contribution is 2.25. The Bertz CT molecular complexity index is 715. The maximum atomic E-state index is 12.4. The summed E-state index contributed by atoms with van der Waals surface area (Å²) >= 11 is 12.1. The van der Waals surface area contributed by atoms with Gasteiger partial charge in [0, 0.05) is 16.6 Å². The van der Waals surface area contributed by atoms with Gasteiger partial charge < -0.3 is 5.32 Å². The lowest BCUT2D eigenvalue weighted by Crippen LogP contribution is -2.37. The number of rotatable bonds is 6. The van der Waals surface area contributed by atoms with E-state index in [1.807, 2.05) is 18.2 Å². The van der Waals surface area contributed by atoms with Crippen molar-refractivity contribution in [2.45, 2.75) is 25.3 Å². The van der Waals surface area contributed by atoms with E-state index in [1.165, 1.54) is 18.4 Å². The van der Waals surface area contributed by atoms with Gasteiger partial charge in [-0.25, -0.2) is 0 Å². The first-order valence-corrected chi connectivity index (χ1v) is 9.38. The average molecular weight is 377 g/mol. The number of nitrogens with one attached hydrogen (secondary N) is 1. The van der Waals surface area contributed by atoms with E-state index in [2.05, 4.69) is 22.3 Å². The molecule has 0 saturated carbocycles. The smallest absolute Gasteiger partial charge is 0.224 e. The molecule has 132 valence electrons. The minimum atomic E-state index is -0.0237. The van der Waals surface area contributed by atoms with E-state index in [0.29, 0.717) is 16.6 Å². The molecule has 2 aromatic carbocycles. The Hall–Kier alpha value is -1.55. The number of benzene rings is 2. The zero-order valence-electron chi connectivity index (χ0n) is 14.1. The number of hydrogen-bond acceptors (Lipinski definition) is 2. The van der Waals surface area contributed by atoms with Gasteiger partial charge in [0.05, 0.1) is 12.5 Å². The largest absolute Gasteiger partial charge is 0.354 e. The molecule has 1 aliphatic rings. The van der Waals surface area contributed by atoms with Crippen molar-refractivity contribution in [1.82, 2.24) is 10.2 Å². The van der Waals surface area contributed by atoms with Crippen molar-refractivity contribution in [3.63, 3.8) is 0 Å². The quantitative estimate of drug-likeness (QED) is 0.805. The molecule has 1 unspecified atom stereocenters. The number of hydrogen-bond donors (Lipinski definition) is 1. The molecule has 0 spiro atoms. The second-order valence-electron chi connectivity index (χ2n) is 6.39. The van der Waals surface area contributed by atoms with Crippen molar-refractivity contribution in [3.8, 4) is 0 Å². The summed E-state index contributed by atoms with van der Waals surface area (Å²) in [7, 11) is 0. The van der Waals surface area contributed by atoms with E-state index >= 15 is 0 Å². The van der Waals surface area contributed by atoms with Crippen molar-refractivity contribution >= 4 is 29.1 Å². The summed E-state index contributed by atoms with van der Waals surface area (Å²) in [4.78, 5) is 14.8. The molecular formula is C20H22Cl2N2O. The van der Waals surface area contributed by atoms with Crippen molar-refractivity contribution in [2.75, 3.05) is 19.6 Å². The van der Waals surface area contributed by atoms with Gasteiger partial charge in [-0.3, -0.25) is 9.69 Å². The maximum Gasteiger partial charge on any atom is 0.224 e. The third-order valence-electron chi connectivity index (χ3n) is 4.62. The molecule has 5 heteroatoms. The highest BCUT2D eigenvalue weighted by atomic mass is 35.5. The average Bonchev–Trinajstić information content (AvgIpc) is 3.13. The lowest BCUT2D eigenvalue weighted by Gasteiger charge is -2.28. The van der Waals surface area contributed by atoms with Crippen molar-refractivity contribution in [1.29, 1.82) is 0 Å². The highest BCUT2D eigenvalue weighted by molar-refractivity contribution is 6.35. The molecule has 1 N–H and O–H groups in total. The number of carbonyl (C=O) groups excluding carboxylic acids is 1. The molecule has 2 aromatic rings. The van der Waals surface area contributed by atoms with Gasteiger partial charge in [0.1, 0.15) is 0 Å². The molecule has 0 radical (unpaired) electrons. The minimum absolute atomic E-state index is 0.0237. The van der Waals surface area contributed by atoms with Crippen LogP contribution in [0.15, 0.2) is 48.5 Å². The highest BCUT2D eigenvalue weighted by Gasteiger charge is 2.23. The molecule has 3 rings (SSSR count). The van der Waals surface area contributed by atoms with Gasteiger partial charge in [0.15, 0.2) is 0 Å². The Balaban J connectivity index is 1.63. The van der Waals surface area contributed by atoms with Crippen LogP contribution in [0.1, 0.15) is 30.0 Å². The number of nitrogens with zero attached hydrogens (tertiary/aromatic N) is 1. The molecule has 1 atom stereocenters. The predicted molar refractivity (Wildman–Crippen MR) is 103 cm³/mol. The molecule has 0 aromatic heterocycles. The van der Waals surface area contributed by atoms with Gasteiger partial charge in [-0.15, -0.1) is 0 Å². The molecule has 1 fully saturated rings. The van der Waals surface area contributed by atoms with Gasteiger partial charge in [-0.2, -0.15) is 0 Å². The Kier molecular flexibility index (Phi) is 6.35. The first kappa shape index (κ1) is 18.2. The van der Waals surface area contributed by atoms with E-state index in [9.17, 15) is 4.79 Å². The fourth-order valence-electron chi connectivity index (χ4n) is 3.30. The summed E-state index contributed by atoms with van der Waals surface area (Å²) in [5, 5.41) is 4.18. The summed E-state index contributed by atoms with van der Waals surface area (Å²) in [5.41, 5.74) is 2.04. The van der Waals surface area contributed by atoms with Crippen LogP contribution in [0.3, 0.4) is 0 Å². The van der Waals surface area contributed by atoms with Crippen LogP contribution in [-0.4, -0.2) is 30.4 Å². The molecule has 0 aliphatic carbocycles. The molecule has 3 nitrogen and oxygen atoms in total. The van der Waals surface area contributed by atoms with E-state index in [-0.39, 0.29) is 18.4 Å². The fourth-order valence-corrected chi connectivity index (χ4v) is 3.77. The van der Waals surface area contributed by atoms with Crippen LogP contribution in [0, 0.1) is 0 Å². The summed E-state index contributed by atoms with van der Waals surface area (Å²) in [6.07, 6.45) is 2.70. The van der Waals surface area contributed by atoms with Crippen LogP contribution in [0.4, 0.5) is 0 Å². The Morgan fingerprint density at radius 2 is 1.80 bits per heavy atom. The first-order valence-electron chi connectivity index (χ1n) is 8.63. The second-order valence-corrected chi connectivity index (χ2v) is 7.23. The van der Waals surface area contributed by atoms with E-state index in [0.717, 1.165) is 18.7 Å². The standard InChI is InChI=1S/C20H22Cl2N2O/c21-17-9-8-16(18(22)13-17)12-20(25)23-14-19(24-10-4-5-11-24)15-6-2-1-3-7-15/h1-3,6-9,13,19H,4-5,10-12,14H2,(H,23,25). The molecule has 0 bridgehead atoms. The summed E-state index contributed by atoms with van der Waals surface area (Å²) in [6.45, 7) is 2.77. The summed E-state index contributed by atoms with van der Waals surface area (Å²) in [6, 6.07) is 15.8. The molecular weight excluding hydrogens is 355 g/mol. The van der Waals surface area contributed by atoms with Crippen molar-refractivity contribution < 1.29 is 4.79 Å². The second kappa shape index (κ2) is 8.70. The predicted octanol–water partition coefficient (Wildman–Crippen LogP) is 4.49. The third-order valence-corrected chi connectivity index (χ3v) is 5.21. The van der Waals surface area contributed by atoms with E-state index in [1.54, 1.807) is 18.2 Å². The SMILES string of the molecule is O=C(Cc1ccc(Cl)cc1Cl)NCC(c1ccccc1)N1CCCC1. The number of likely N-dealkylation sites (tertiary alicyclic amines) is 1. The van der Waals surface area contributed by atoms with Crippen LogP contribution < -0.4 is 5.32 Å². The van der Waals surface area contributed by atoms with E-state index in [4.69, 9.17) is 23.2 Å². The molecule has 1 heterocycles. The fraction of sp³-hybridized carbons (Fsp3) is 0.350. The number of amides is 1. The molecule has 1 amide bonds. The number of halogens is 2. The van der Waals surface area contributed by atoms with Crippen LogP contribution in [0.2, 0.25) is 10.0 Å². The molecule has 25 heavy (non-hydrogen) atoms. The summed E-state index contributed by atoms with van der Waals surface area (Å²) < 4.78 is 0. The van der Waals surface area contributed by atoms with Gasteiger partial charge in [0.25, 0.3) is 0 Å². The zero-order chi connectivity index (χ0) is 17.6. The molecule has 1 aliphatic heterocycles. The van der Waals surface area contributed by atoms with Crippen LogP contribution in [-0.2, 0) is 11.2 Å². The minimum Gasteiger partial charge on any atom is -0.354 e. The van der Waals surface area contributed by atoms with Gasteiger partial charge in [0.2, 0.25) is 5.91 Å². The Morgan fingerprint density at radius 3 is 2.48 bits per heavy atom. The lowest BCUT2D eigenvalue weighted by atomic mass is 10.1. The van der Waals surface area contributed by atoms with Crippen LogP contribution in [0.25, 0.3) is 0 Å². The first-order chi connectivity index (χ1) is 12.1. The van der Waals surface area contributed by atoms with Crippen molar-refractivity contribution in [2.24, 2.45) is 0 Å². The maximum absolute atomic E-state index is 12.4. The van der Waals surface area contributed by atoms with Gasteiger partial charge >= 0.3 is 0 Å². The monoisotopic (exact) mass is 376 g/mol. The van der Waals surface area contributed by atoms with E-state index < -0.39 is 0 Å². The topological polar surface area (TPSA) is 32.3 Å². The van der Waals surface area contributed by atoms with Crippen molar-refractivity contribution in [3.05, 3.63) is 69.7 Å². The van der Waals surface area contributed by atoms with Gasteiger partial charge in [-0.1, -0.05) is 59.6 Å². The third kappa shape index (κ3) is 4.97.